The summed E-state index contributed by atoms with van der Waals surface area (Å²) in [7, 11) is -9.08. The molecule has 0 unspecified atom stereocenters. The molecular weight excluding hydrogens is 485 g/mol. The van der Waals surface area contributed by atoms with Crippen molar-refractivity contribution in [2.45, 2.75) is 56.3 Å². The third kappa shape index (κ3) is 5.13. The van der Waals surface area contributed by atoms with Gasteiger partial charge in [0.15, 0.2) is 21.6 Å². The molecule has 2 aliphatic rings. The number of aliphatic hydroxyl groups excluding tert-OH is 2. The minimum absolute atomic E-state index is 0.215. The smallest absolute Gasteiger partial charge is 0.340 e. The number of nitrogens with one attached hydrogen (secondary N) is 1. The Bertz CT molecular complexity index is 1150. The van der Waals surface area contributed by atoms with Crippen LogP contribution in [0.25, 0.3) is 11.0 Å². The van der Waals surface area contributed by atoms with Gasteiger partial charge in [0.25, 0.3) is 0 Å². The van der Waals surface area contributed by atoms with E-state index in [2.05, 4.69) is 10.3 Å². The standard InChI is InChI=1S/C18H25ClN3O8PS/c19-14-7-12(20-10-3-1-2-4-10)11-5-6-22(17(11)21-14)18-16(24)15(23)13(30-18)8-32(28,29)9-31(25,26)27/h5-7,10,13,15-16,18,23-24H,1-4,8-9H2,(H,20,21)(H2,25,26,27)/t13-,15-,16-,18-/m1/s1. The number of aliphatic hydroxyl groups is 2. The van der Waals surface area contributed by atoms with E-state index in [-0.39, 0.29) is 5.15 Å². The molecule has 2 aromatic rings. The normalized spacial score (nSPS) is 27.4. The van der Waals surface area contributed by atoms with Crippen LogP contribution in [0.5, 0.6) is 0 Å². The van der Waals surface area contributed by atoms with Gasteiger partial charge in [0.05, 0.1) is 5.75 Å². The molecule has 4 rings (SSSR count). The Morgan fingerprint density at radius 2 is 1.94 bits per heavy atom. The van der Waals surface area contributed by atoms with Crippen LogP contribution in [0.4, 0.5) is 5.69 Å². The van der Waals surface area contributed by atoms with Crippen molar-refractivity contribution in [2.75, 3.05) is 16.6 Å². The zero-order valence-corrected chi connectivity index (χ0v) is 19.4. The van der Waals surface area contributed by atoms with Gasteiger partial charge in [-0.3, -0.25) is 4.57 Å². The lowest BCUT2D eigenvalue weighted by atomic mass is 10.1. The Morgan fingerprint density at radius 1 is 1.25 bits per heavy atom. The summed E-state index contributed by atoms with van der Waals surface area (Å²) in [5.41, 5.74) is -0.208. The van der Waals surface area contributed by atoms with Crippen molar-refractivity contribution in [3.05, 3.63) is 23.5 Å². The van der Waals surface area contributed by atoms with E-state index >= 15 is 0 Å². The maximum absolute atomic E-state index is 12.1. The Kier molecular flexibility index (Phi) is 6.61. The SMILES string of the molecule is O=P(O)(O)CS(=O)(=O)C[C@H]1O[C@@H](n2ccc3c(NC4CCCC4)cc(Cl)nc32)[C@H](O)[C@@H]1O. The van der Waals surface area contributed by atoms with Crippen LogP contribution in [-0.4, -0.2) is 73.6 Å². The largest absolute Gasteiger partial charge is 0.387 e. The van der Waals surface area contributed by atoms with E-state index in [1.165, 1.54) is 4.57 Å². The summed E-state index contributed by atoms with van der Waals surface area (Å²) in [5.74, 6) is -0.852. The summed E-state index contributed by atoms with van der Waals surface area (Å²) < 4.78 is 42.4. The minimum Gasteiger partial charge on any atom is -0.387 e. The van der Waals surface area contributed by atoms with Gasteiger partial charge in [-0.25, -0.2) is 13.4 Å². The van der Waals surface area contributed by atoms with Gasteiger partial charge in [-0.2, -0.15) is 0 Å². The van der Waals surface area contributed by atoms with Crippen molar-refractivity contribution >= 4 is 45.8 Å². The minimum atomic E-state index is -4.82. The predicted octanol–water partition coefficient (Wildman–Crippen LogP) is 1.21. The predicted molar refractivity (Wildman–Crippen MR) is 117 cm³/mol. The molecule has 1 saturated heterocycles. The van der Waals surface area contributed by atoms with Crippen LogP contribution in [0.15, 0.2) is 18.3 Å². The number of hydrogen-bond donors (Lipinski definition) is 5. The van der Waals surface area contributed by atoms with Crippen LogP contribution in [0.3, 0.4) is 0 Å². The molecule has 178 valence electrons. The number of fused-ring (bicyclic) bond motifs is 1. The van der Waals surface area contributed by atoms with Gasteiger partial charge < -0.3 is 34.6 Å². The van der Waals surface area contributed by atoms with Crippen LogP contribution in [0.1, 0.15) is 31.9 Å². The molecule has 2 aromatic heterocycles. The number of pyridine rings is 1. The number of rotatable bonds is 7. The summed E-state index contributed by atoms with van der Waals surface area (Å²) in [6.45, 7) is 0. The fourth-order valence-electron chi connectivity index (χ4n) is 4.37. The number of hydrogen-bond acceptors (Lipinski definition) is 8. The van der Waals surface area contributed by atoms with Crippen LogP contribution < -0.4 is 5.32 Å². The first-order valence-corrected chi connectivity index (χ1v) is 14.1. The Hall–Kier alpha value is -1.24. The van der Waals surface area contributed by atoms with Gasteiger partial charge in [0, 0.05) is 23.3 Å². The first-order chi connectivity index (χ1) is 14.9. The van der Waals surface area contributed by atoms with E-state index in [1.807, 2.05) is 0 Å². The number of ether oxygens (including phenoxy) is 1. The highest BCUT2D eigenvalue weighted by molar-refractivity contribution is 7.97. The molecule has 0 aromatic carbocycles. The Labute approximate surface area is 189 Å². The van der Waals surface area contributed by atoms with E-state index in [9.17, 15) is 23.2 Å². The molecule has 0 bridgehead atoms. The average molecular weight is 510 g/mol. The lowest BCUT2D eigenvalue weighted by Gasteiger charge is -2.19. The number of aromatic nitrogens is 2. The third-order valence-electron chi connectivity index (χ3n) is 5.76. The second kappa shape index (κ2) is 8.84. The molecule has 0 amide bonds. The van der Waals surface area contributed by atoms with E-state index in [1.54, 1.807) is 18.3 Å². The molecule has 0 spiro atoms. The highest BCUT2D eigenvalue weighted by atomic mass is 35.5. The summed E-state index contributed by atoms with van der Waals surface area (Å²) in [4.78, 5) is 22.3. The van der Waals surface area contributed by atoms with Crippen molar-refractivity contribution in [2.24, 2.45) is 0 Å². The highest BCUT2D eigenvalue weighted by Gasteiger charge is 2.46. The van der Waals surface area contributed by atoms with Crippen LogP contribution in [0, 0.1) is 0 Å². The summed E-state index contributed by atoms with van der Waals surface area (Å²) in [6.07, 6.45) is 0.364. The van der Waals surface area contributed by atoms with Gasteiger partial charge >= 0.3 is 7.60 Å². The highest BCUT2D eigenvalue weighted by Crippen LogP contribution is 2.39. The van der Waals surface area contributed by atoms with E-state index < -0.39 is 53.2 Å². The van der Waals surface area contributed by atoms with Crippen molar-refractivity contribution in [1.82, 2.24) is 9.55 Å². The molecule has 2 fully saturated rings. The van der Waals surface area contributed by atoms with Gasteiger partial charge in [-0.15, -0.1) is 0 Å². The molecule has 32 heavy (non-hydrogen) atoms. The molecule has 14 heteroatoms. The number of nitrogens with zero attached hydrogens (tertiary/aromatic N) is 2. The zero-order chi connectivity index (χ0) is 23.3. The monoisotopic (exact) mass is 509 g/mol. The van der Waals surface area contributed by atoms with Gasteiger partial charge in [0.1, 0.15) is 29.1 Å². The van der Waals surface area contributed by atoms with E-state index in [0.29, 0.717) is 11.7 Å². The fourth-order valence-corrected chi connectivity index (χ4v) is 7.81. The molecule has 0 radical (unpaired) electrons. The first kappa shape index (κ1) is 23.9. The molecular formula is C18H25ClN3O8PS. The lowest BCUT2D eigenvalue weighted by Crippen LogP contribution is -2.35. The first-order valence-electron chi connectivity index (χ1n) is 10.1. The average Bonchev–Trinajstić information content (AvgIpc) is 3.36. The molecule has 1 saturated carbocycles. The topological polar surface area (TPSA) is 171 Å². The van der Waals surface area contributed by atoms with Crippen molar-refractivity contribution < 1.29 is 37.7 Å². The van der Waals surface area contributed by atoms with Crippen molar-refractivity contribution in [3.63, 3.8) is 0 Å². The summed E-state index contributed by atoms with van der Waals surface area (Å²) in [6, 6.07) is 3.79. The molecule has 1 aliphatic heterocycles. The Morgan fingerprint density at radius 3 is 2.59 bits per heavy atom. The second-order valence-corrected chi connectivity index (χ2v) is 12.9. The van der Waals surface area contributed by atoms with E-state index in [0.717, 1.165) is 36.8 Å². The van der Waals surface area contributed by atoms with Crippen molar-refractivity contribution in [3.8, 4) is 0 Å². The quantitative estimate of drug-likeness (QED) is 0.270. The van der Waals surface area contributed by atoms with Gasteiger partial charge in [0.2, 0.25) is 0 Å². The Balaban J connectivity index is 1.60. The van der Waals surface area contributed by atoms with Gasteiger partial charge in [-0.05, 0) is 25.0 Å². The number of halogens is 1. The third-order valence-corrected chi connectivity index (χ3v) is 9.71. The lowest BCUT2D eigenvalue weighted by molar-refractivity contribution is -0.0288. The number of anilines is 1. The van der Waals surface area contributed by atoms with Crippen LogP contribution in [0.2, 0.25) is 5.15 Å². The van der Waals surface area contributed by atoms with Crippen LogP contribution in [-0.2, 0) is 19.1 Å². The molecule has 3 heterocycles. The second-order valence-electron chi connectivity index (χ2n) is 8.33. The van der Waals surface area contributed by atoms with E-state index in [4.69, 9.17) is 26.1 Å². The fraction of sp³-hybridized carbons (Fsp3) is 0.611. The molecule has 1 aliphatic carbocycles. The van der Waals surface area contributed by atoms with Gasteiger partial charge in [-0.1, -0.05) is 24.4 Å². The molecule has 11 nitrogen and oxygen atoms in total. The zero-order valence-electron chi connectivity index (χ0n) is 16.9. The number of sulfone groups is 1. The molecule has 4 atom stereocenters. The molecule has 5 N–H and O–H groups in total. The van der Waals surface area contributed by atoms with Crippen molar-refractivity contribution in [1.29, 1.82) is 0 Å². The van der Waals surface area contributed by atoms with Crippen LogP contribution >= 0.6 is 19.2 Å². The summed E-state index contributed by atoms with van der Waals surface area (Å²) in [5, 5.41) is 25.3. The summed E-state index contributed by atoms with van der Waals surface area (Å²) >= 11 is 6.22. The maximum Gasteiger partial charge on any atom is 0.340 e. The maximum atomic E-state index is 12.1.